The predicted molar refractivity (Wildman–Crippen MR) is 112 cm³/mol. The lowest BCUT2D eigenvalue weighted by atomic mass is 9.91. The van der Waals surface area contributed by atoms with Crippen molar-refractivity contribution in [3.05, 3.63) is 42.1 Å². The molecule has 1 aliphatic heterocycles. The van der Waals surface area contributed by atoms with Gasteiger partial charge in [-0.15, -0.1) is 24.8 Å². The first-order chi connectivity index (χ1) is 12.2. The monoisotopic (exact) mass is 411 g/mol. The Labute approximate surface area is 172 Å². The van der Waals surface area contributed by atoms with Gasteiger partial charge in [0.1, 0.15) is 0 Å². The van der Waals surface area contributed by atoms with Crippen LogP contribution in [0.25, 0.3) is 10.9 Å². The van der Waals surface area contributed by atoms with Crippen LogP contribution < -0.4 is 11.1 Å². The summed E-state index contributed by atoms with van der Waals surface area (Å²) in [5.41, 5.74) is 7.87. The molecule has 148 valence electrons. The number of aromatic nitrogens is 1. The van der Waals surface area contributed by atoms with E-state index >= 15 is 0 Å². The second-order valence-electron chi connectivity index (χ2n) is 7.43. The van der Waals surface area contributed by atoms with Gasteiger partial charge in [0.25, 0.3) is 0 Å². The van der Waals surface area contributed by atoms with Crippen molar-refractivity contribution in [3.63, 3.8) is 0 Å². The van der Waals surface area contributed by atoms with E-state index < -0.39 is 5.54 Å². The number of rotatable bonds is 4. The normalized spacial score (nSPS) is 23.4. The van der Waals surface area contributed by atoms with Crippen molar-refractivity contribution < 1.29 is 9.53 Å². The number of nitrogens with two attached hydrogens (primary N) is 1. The van der Waals surface area contributed by atoms with Gasteiger partial charge in [-0.05, 0) is 37.0 Å². The maximum Gasteiger partial charge on any atom is 0.240 e. The molecule has 1 aromatic heterocycles. The Balaban J connectivity index is 0.00000131. The number of hydrogen-bond donors (Lipinski definition) is 2. The number of pyridine rings is 1. The van der Waals surface area contributed by atoms with Crippen LogP contribution in [-0.2, 0) is 16.0 Å². The standard InChI is InChI=1S/C20H25N3O2.2ClH/c21-20(8-3-4-9-20)19(24)23-18-13-25-12-15(18)11-14-7-10-22-17-6-2-1-5-16(14)17;;/h1-2,5-7,10,15,18H,3-4,8-9,11-13,21H2,(H,23,24);2*1H/t15-,18-;;/m1../s1. The number of nitrogens with zero attached hydrogens (tertiary/aromatic N) is 1. The molecule has 1 saturated heterocycles. The Kier molecular flexibility index (Phi) is 7.46. The Morgan fingerprint density at radius 1 is 1.19 bits per heavy atom. The van der Waals surface area contributed by atoms with Crippen LogP contribution in [0.5, 0.6) is 0 Å². The number of halogens is 2. The lowest BCUT2D eigenvalue weighted by Gasteiger charge is -2.27. The summed E-state index contributed by atoms with van der Waals surface area (Å²) in [6, 6.07) is 10.3. The summed E-state index contributed by atoms with van der Waals surface area (Å²) in [6.45, 7) is 1.23. The number of benzene rings is 1. The SMILES string of the molecule is Cl.Cl.NC1(C(=O)N[C@@H]2COC[C@H]2Cc2ccnc3ccccc23)CCCC1. The largest absolute Gasteiger partial charge is 0.379 e. The number of ether oxygens (including phenoxy) is 1. The molecule has 3 N–H and O–H groups in total. The zero-order valence-corrected chi connectivity index (χ0v) is 16.9. The number of carbonyl (C=O) groups is 1. The quantitative estimate of drug-likeness (QED) is 0.810. The molecule has 0 bridgehead atoms. The van der Waals surface area contributed by atoms with Crippen LogP contribution in [0.1, 0.15) is 31.2 Å². The van der Waals surface area contributed by atoms with Crippen LogP contribution in [0.4, 0.5) is 0 Å². The molecule has 5 nitrogen and oxygen atoms in total. The molecule has 7 heteroatoms. The van der Waals surface area contributed by atoms with Crippen LogP contribution in [0.3, 0.4) is 0 Å². The molecule has 27 heavy (non-hydrogen) atoms. The fraction of sp³-hybridized carbons (Fsp3) is 0.500. The Morgan fingerprint density at radius 2 is 1.93 bits per heavy atom. The number of para-hydroxylation sites is 1. The first kappa shape index (κ1) is 21.9. The lowest BCUT2D eigenvalue weighted by Crippen LogP contribution is -2.55. The van der Waals surface area contributed by atoms with Gasteiger partial charge in [0.2, 0.25) is 5.91 Å². The highest BCUT2D eigenvalue weighted by Gasteiger charge is 2.40. The fourth-order valence-corrected chi connectivity index (χ4v) is 4.12. The summed E-state index contributed by atoms with van der Waals surface area (Å²) in [5.74, 6) is 0.254. The third kappa shape index (κ3) is 4.54. The maximum absolute atomic E-state index is 12.6. The molecule has 0 radical (unpaired) electrons. The van der Waals surface area contributed by atoms with Gasteiger partial charge in [-0.1, -0.05) is 31.0 Å². The molecule has 2 aliphatic rings. The molecule has 1 aromatic carbocycles. The predicted octanol–water partition coefficient (Wildman–Crippen LogP) is 3.02. The van der Waals surface area contributed by atoms with E-state index in [4.69, 9.17) is 10.5 Å². The number of amides is 1. The highest BCUT2D eigenvalue weighted by molar-refractivity contribution is 5.87. The minimum atomic E-state index is -0.684. The van der Waals surface area contributed by atoms with Gasteiger partial charge < -0.3 is 15.8 Å². The van der Waals surface area contributed by atoms with Crippen molar-refractivity contribution in [3.8, 4) is 0 Å². The summed E-state index contributed by atoms with van der Waals surface area (Å²) in [7, 11) is 0. The second kappa shape index (κ2) is 9.20. The second-order valence-corrected chi connectivity index (χ2v) is 7.43. The molecule has 2 atom stereocenters. The summed E-state index contributed by atoms with van der Waals surface area (Å²) < 4.78 is 5.68. The Bertz CT molecular complexity index is 775. The molecule has 1 saturated carbocycles. The van der Waals surface area contributed by atoms with Crippen LogP contribution in [0.15, 0.2) is 36.5 Å². The topological polar surface area (TPSA) is 77.2 Å². The maximum atomic E-state index is 12.6. The Hall–Kier alpha value is -1.40. The van der Waals surface area contributed by atoms with Crippen molar-refractivity contribution in [2.45, 2.75) is 43.7 Å². The van der Waals surface area contributed by atoms with Crippen LogP contribution in [0, 0.1) is 5.92 Å². The van der Waals surface area contributed by atoms with Crippen molar-refractivity contribution in [1.29, 1.82) is 0 Å². The van der Waals surface area contributed by atoms with Gasteiger partial charge in [0.15, 0.2) is 0 Å². The van der Waals surface area contributed by atoms with E-state index in [1.165, 1.54) is 10.9 Å². The first-order valence-electron chi connectivity index (χ1n) is 9.16. The number of fused-ring (bicyclic) bond motifs is 1. The molecule has 1 amide bonds. The average molecular weight is 412 g/mol. The molecule has 4 rings (SSSR count). The minimum Gasteiger partial charge on any atom is -0.379 e. The zero-order chi connectivity index (χ0) is 17.3. The number of nitrogens with one attached hydrogen (secondary N) is 1. The Morgan fingerprint density at radius 3 is 2.70 bits per heavy atom. The van der Waals surface area contributed by atoms with E-state index in [-0.39, 0.29) is 42.7 Å². The molecule has 2 aromatic rings. The van der Waals surface area contributed by atoms with Gasteiger partial charge in [-0.3, -0.25) is 9.78 Å². The zero-order valence-electron chi connectivity index (χ0n) is 15.2. The molecule has 0 unspecified atom stereocenters. The molecule has 2 fully saturated rings. The van der Waals surface area contributed by atoms with Crippen LogP contribution in [-0.4, -0.2) is 35.7 Å². The van der Waals surface area contributed by atoms with E-state index in [0.29, 0.717) is 13.2 Å². The van der Waals surface area contributed by atoms with Gasteiger partial charge in [0.05, 0.1) is 30.3 Å². The van der Waals surface area contributed by atoms with Crippen LogP contribution in [0.2, 0.25) is 0 Å². The lowest BCUT2D eigenvalue weighted by molar-refractivity contribution is -0.127. The molecular weight excluding hydrogens is 385 g/mol. The fourth-order valence-electron chi connectivity index (χ4n) is 4.12. The van der Waals surface area contributed by atoms with E-state index in [2.05, 4.69) is 22.4 Å². The summed E-state index contributed by atoms with van der Waals surface area (Å²) >= 11 is 0. The molecule has 0 spiro atoms. The van der Waals surface area contributed by atoms with Crippen molar-refractivity contribution in [2.75, 3.05) is 13.2 Å². The van der Waals surface area contributed by atoms with E-state index in [1.54, 1.807) is 0 Å². The van der Waals surface area contributed by atoms with Gasteiger partial charge in [-0.2, -0.15) is 0 Å². The van der Waals surface area contributed by atoms with Gasteiger partial charge >= 0.3 is 0 Å². The smallest absolute Gasteiger partial charge is 0.240 e. The van der Waals surface area contributed by atoms with Crippen LogP contribution >= 0.6 is 24.8 Å². The number of hydrogen-bond acceptors (Lipinski definition) is 4. The third-order valence-corrected chi connectivity index (χ3v) is 5.68. The first-order valence-corrected chi connectivity index (χ1v) is 9.16. The average Bonchev–Trinajstić information content (AvgIpc) is 3.25. The summed E-state index contributed by atoms with van der Waals surface area (Å²) in [6.07, 6.45) is 6.37. The van der Waals surface area contributed by atoms with Crippen molar-refractivity contribution >= 4 is 41.6 Å². The van der Waals surface area contributed by atoms with E-state index in [1.807, 2.05) is 24.4 Å². The van der Waals surface area contributed by atoms with E-state index in [0.717, 1.165) is 37.6 Å². The molecule has 1 aliphatic carbocycles. The van der Waals surface area contributed by atoms with Gasteiger partial charge in [-0.25, -0.2) is 0 Å². The van der Waals surface area contributed by atoms with Gasteiger partial charge in [0, 0.05) is 17.5 Å². The van der Waals surface area contributed by atoms with Crippen molar-refractivity contribution in [1.82, 2.24) is 10.3 Å². The van der Waals surface area contributed by atoms with E-state index in [9.17, 15) is 4.79 Å². The van der Waals surface area contributed by atoms with Crippen molar-refractivity contribution in [2.24, 2.45) is 11.7 Å². The minimum absolute atomic E-state index is 0. The number of carbonyl (C=O) groups excluding carboxylic acids is 1. The highest BCUT2D eigenvalue weighted by Crippen LogP contribution is 2.29. The summed E-state index contributed by atoms with van der Waals surface area (Å²) in [5, 5.41) is 4.35. The highest BCUT2D eigenvalue weighted by atomic mass is 35.5. The summed E-state index contributed by atoms with van der Waals surface area (Å²) in [4.78, 5) is 17.1. The molecule has 2 heterocycles. The third-order valence-electron chi connectivity index (χ3n) is 5.68. The molecular formula is C20H27Cl2N3O2.